The molecule has 0 saturated carbocycles. The van der Waals surface area contributed by atoms with Gasteiger partial charge >= 0.3 is 0 Å². The fourth-order valence-corrected chi connectivity index (χ4v) is 2.09. The third-order valence-electron chi connectivity index (χ3n) is 3.27. The van der Waals surface area contributed by atoms with Gasteiger partial charge in [-0.3, -0.25) is 4.79 Å². The highest BCUT2D eigenvalue weighted by atomic mass is 16.6. The van der Waals surface area contributed by atoms with E-state index in [2.05, 4.69) is 16.5 Å². The zero-order valence-corrected chi connectivity index (χ0v) is 13.4. The second-order valence-electron chi connectivity index (χ2n) is 4.78. The molecule has 6 heteroatoms. The maximum absolute atomic E-state index is 12.0. The quantitative estimate of drug-likeness (QED) is 0.653. The van der Waals surface area contributed by atoms with Crippen molar-refractivity contribution in [2.75, 3.05) is 14.2 Å². The number of benzene rings is 2. The Hall–Kier alpha value is -3.33. The number of nitrogens with one attached hydrogen (secondary N) is 1. The van der Waals surface area contributed by atoms with Crippen molar-refractivity contribution in [1.82, 2.24) is 5.32 Å². The molecule has 6 nitrogen and oxygen atoms in total. The minimum absolute atomic E-state index is 0.180. The largest absolute Gasteiger partial charge is 0.489 e. The van der Waals surface area contributed by atoms with Gasteiger partial charge in [0.15, 0.2) is 5.71 Å². The molecule has 24 heavy (non-hydrogen) atoms. The highest BCUT2D eigenvalue weighted by Crippen LogP contribution is 2.17. The number of nitrogens with zero attached hydrogens (tertiary/aromatic N) is 2. The van der Waals surface area contributed by atoms with Gasteiger partial charge in [0.1, 0.15) is 19.5 Å². The molecule has 0 radical (unpaired) electrons. The molecule has 0 aliphatic heterocycles. The highest BCUT2D eigenvalue weighted by Gasteiger charge is 2.17. The molecule has 0 atom stereocenters. The molecule has 1 N–H and O–H groups in total. The Kier molecular flexibility index (Phi) is 5.92. The van der Waals surface area contributed by atoms with Crippen LogP contribution in [0.2, 0.25) is 0 Å². The van der Waals surface area contributed by atoms with Crippen LogP contribution in [0.4, 0.5) is 0 Å². The van der Waals surface area contributed by atoms with Crippen molar-refractivity contribution in [2.24, 2.45) is 5.16 Å². The van der Waals surface area contributed by atoms with Crippen LogP contribution in [-0.4, -0.2) is 25.8 Å². The van der Waals surface area contributed by atoms with E-state index >= 15 is 0 Å². The first-order valence-electron chi connectivity index (χ1n) is 7.24. The summed E-state index contributed by atoms with van der Waals surface area (Å²) < 4.78 is 5.74. The summed E-state index contributed by atoms with van der Waals surface area (Å²) in [4.78, 5) is 16.8. The lowest BCUT2D eigenvalue weighted by atomic mass is 10.0. The van der Waals surface area contributed by atoms with E-state index in [1.165, 1.54) is 14.2 Å². The van der Waals surface area contributed by atoms with Gasteiger partial charge < -0.3 is 14.9 Å². The zero-order valence-electron chi connectivity index (χ0n) is 13.4. The smallest absolute Gasteiger partial charge is 0.273 e. The lowest BCUT2D eigenvalue weighted by Gasteiger charge is -2.12. The fourth-order valence-electron chi connectivity index (χ4n) is 2.09. The van der Waals surface area contributed by atoms with Crippen LogP contribution in [0.15, 0.2) is 53.7 Å². The van der Waals surface area contributed by atoms with E-state index in [1.54, 1.807) is 30.3 Å². The Morgan fingerprint density at radius 3 is 2.54 bits per heavy atom. The Labute approximate surface area is 140 Å². The van der Waals surface area contributed by atoms with Crippen LogP contribution in [0, 0.1) is 11.3 Å². The first-order valence-corrected chi connectivity index (χ1v) is 7.24. The Balaban J connectivity index is 2.23. The maximum Gasteiger partial charge on any atom is 0.273 e. The van der Waals surface area contributed by atoms with E-state index < -0.39 is 0 Å². The molecular weight excluding hydrogens is 306 g/mol. The standard InChI is InChI=1S/C18H17N3O3/c1-20-18(22)17(21-23-2)16-6-4-3-5-14(16)12-24-15-9-7-13(11-19)8-10-15/h3-10H,12H2,1-2H3,(H,20,22). The normalized spacial score (nSPS) is 10.6. The third kappa shape index (κ3) is 4.11. The summed E-state index contributed by atoms with van der Waals surface area (Å²) in [6.07, 6.45) is 0. The number of nitriles is 1. The molecule has 0 saturated heterocycles. The minimum atomic E-state index is -0.345. The van der Waals surface area contributed by atoms with Crippen LogP contribution in [-0.2, 0) is 16.2 Å². The highest BCUT2D eigenvalue weighted by molar-refractivity contribution is 6.45. The van der Waals surface area contributed by atoms with Crippen LogP contribution in [0.1, 0.15) is 16.7 Å². The van der Waals surface area contributed by atoms with Crippen molar-refractivity contribution in [3.63, 3.8) is 0 Å². The molecule has 0 aliphatic carbocycles. The van der Waals surface area contributed by atoms with E-state index in [0.717, 1.165) is 5.56 Å². The number of oxime groups is 1. The monoisotopic (exact) mass is 323 g/mol. The summed E-state index contributed by atoms with van der Waals surface area (Å²) in [5, 5.41) is 15.2. The van der Waals surface area contributed by atoms with Gasteiger partial charge in [0.2, 0.25) is 0 Å². The lowest BCUT2D eigenvalue weighted by Crippen LogP contribution is -2.29. The number of likely N-dealkylation sites (N-methyl/N-ethyl adjacent to an activating group) is 1. The van der Waals surface area contributed by atoms with Crippen LogP contribution >= 0.6 is 0 Å². The molecular formula is C18H17N3O3. The number of rotatable bonds is 6. The Morgan fingerprint density at radius 2 is 1.92 bits per heavy atom. The maximum atomic E-state index is 12.0. The summed E-state index contributed by atoms with van der Waals surface area (Å²) in [5.41, 5.74) is 2.17. The molecule has 0 bridgehead atoms. The van der Waals surface area contributed by atoms with Gasteiger partial charge in [-0.05, 0) is 29.8 Å². The second-order valence-corrected chi connectivity index (χ2v) is 4.78. The Bertz CT molecular complexity index is 777. The second kappa shape index (κ2) is 8.34. The van der Waals surface area contributed by atoms with Gasteiger partial charge in [0.25, 0.3) is 5.91 Å². The summed E-state index contributed by atoms with van der Waals surface area (Å²) in [6, 6.07) is 16.2. The molecule has 2 aromatic carbocycles. The molecule has 2 rings (SSSR count). The lowest BCUT2D eigenvalue weighted by molar-refractivity contribution is -0.114. The number of hydrogen-bond donors (Lipinski definition) is 1. The first kappa shape index (κ1) is 17.0. The average Bonchev–Trinajstić information content (AvgIpc) is 2.64. The van der Waals surface area contributed by atoms with Crippen LogP contribution in [0.5, 0.6) is 5.75 Å². The zero-order chi connectivity index (χ0) is 17.4. The number of carbonyl (C=O) groups is 1. The summed E-state index contributed by atoms with van der Waals surface area (Å²) >= 11 is 0. The van der Waals surface area contributed by atoms with Crippen LogP contribution < -0.4 is 10.1 Å². The molecule has 0 spiro atoms. The molecule has 0 aromatic heterocycles. The number of carbonyl (C=O) groups excluding carboxylic acids is 1. The van der Waals surface area contributed by atoms with Crippen molar-refractivity contribution < 1.29 is 14.4 Å². The minimum Gasteiger partial charge on any atom is -0.489 e. The number of hydrogen-bond acceptors (Lipinski definition) is 5. The van der Waals surface area contributed by atoms with Gasteiger partial charge in [-0.2, -0.15) is 5.26 Å². The van der Waals surface area contributed by atoms with Crippen molar-refractivity contribution in [3.05, 3.63) is 65.2 Å². The van der Waals surface area contributed by atoms with Crippen molar-refractivity contribution in [3.8, 4) is 11.8 Å². The van der Waals surface area contributed by atoms with E-state index in [9.17, 15) is 4.79 Å². The molecule has 0 aliphatic rings. The first-order chi connectivity index (χ1) is 11.7. The molecule has 1 amide bonds. The van der Waals surface area contributed by atoms with Crippen molar-refractivity contribution in [2.45, 2.75) is 6.61 Å². The predicted octanol–water partition coefficient (Wildman–Crippen LogP) is 2.23. The van der Waals surface area contributed by atoms with E-state index in [0.29, 0.717) is 16.9 Å². The van der Waals surface area contributed by atoms with Crippen LogP contribution in [0.3, 0.4) is 0 Å². The van der Waals surface area contributed by atoms with Crippen molar-refractivity contribution in [1.29, 1.82) is 5.26 Å². The summed E-state index contributed by atoms with van der Waals surface area (Å²) in [6.45, 7) is 0.252. The van der Waals surface area contributed by atoms with E-state index in [1.807, 2.05) is 18.2 Å². The van der Waals surface area contributed by atoms with Gasteiger partial charge in [0, 0.05) is 12.6 Å². The van der Waals surface area contributed by atoms with Gasteiger partial charge in [-0.1, -0.05) is 29.4 Å². The van der Waals surface area contributed by atoms with E-state index in [-0.39, 0.29) is 18.2 Å². The number of amides is 1. The van der Waals surface area contributed by atoms with E-state index in [4.69, 9.17) is 14.8 Å². The summed E-state index contributed by atoms with van der Waals surface area (Å²) in [5.74, 6) is 0.289. The third-order valence-corrected chi connectivity index (χ3v) is 3.27. The fraction of sp³-hybridized carbons (Fsp3) is 0.167. The van der Waals surface area contributed by atoms with Gasteiger partial charge in [0.05, 0.1) is 11.6 Å². The predicted molar refractivity (Wildman–Crippen MR) is 89.5 cm³/mol. The molecule has 122 valence electrons. The van der Waals surface area contributed by atoms with Crippen molar-refractivity contribution >= 4 is 11.6 Å². The topological polar surface area (TPSA) is 83.7 Å². The summed E-state index contributed by atoms with van der Waals surface area (Å²) in [7, 11) is 2.92. The molecule has 0 fully saturated rings. The van der Waals surface area contributed by atoms with Crippen LogP contribution in [0.25, 0.3) is 0 Å². The molecule has 2 aromatic rings. The number of ether oxygens (including phenoxy) is 1. The average molecular weight is 323 g/mol. The van der Waals surface area contributed by atoms with Gasteiger partial charge in [-0.25, -0.2) is 0 Å². The Morgan fingerprint density at radius 1 is 1.21 bits per heavy atom. The SMILES string of the molecule is CNC(=O)C(=NOC)c1ccccc1COc1ccc(C#N)cc1. The molecule has 0 unspecified atom stereocenters. The van der Waals surface area contributed by atoms with Gasteiger partial charge in [-0.15, -0.1) is 0 Å². The molecule has 0 heterocycles.